The molecule has 0 N–H and O–H groups in total. The van der Waals surface area contributed by atoms with E-state index in [1.807, 2.05) is 0 Å². The molecule has 2 atom stereocenters. The van der Waals surface area contributed by atoms with E-state index in [-0.39, 0.29) is 12.2 Å². The second-order valence-corrected chi connectivity index (χ2v) is 11.8. The van der Waals surface area contributed by atoms with E-state index in [1.54, 1.807) is 0 Å². The molecule has 2 saturated heterocycles. The van der Waals surface area contributed by atoms with Gasteiger partial charge in [0.2, 0.25) is 0 Å². The zero-order valence-electron chi connectivity index (χ0n) is 23.7. The lowest BCUT2D eigenvalue weighted by atomic mass is 9.67. The highest BCUT2D eigenvalue weighted by Crippen LogP contribution is 2.56. The zero-order chi connectivity index (χ0) is 28.4. The Morgan fingerprint density at radius 1 is 0.512 bits per heavy atom. The molecule has 3 aliphatic rings. The Morgan fingerprint density at radius 3 is 1.40 bits per heavy atom. The molecule has 6 aromatic carbocycles. The molecule has 1 aliphatic carbocycles. The lowest BCUT2D eigenvalue weighted by Crippen LogP contribution is -2.28. The van der Waals surface area contributed by atoms with Gasteiger partial charge in [-0.2, -0.15) is 0 Å². The molecule has 0 amide bonds. The Bertz CT molecular complexity index is 1870. The van der Waals surface area contributed by atoms with E-state index in [4.69, 9.17) is 18.9 Å². The third-order valence-electron chi connectivity index (χ3n) is 9.12. The first-order valence-electron chi connectivity index (χ1n) is 15.0. The monoisotopic (exact) mass is 562 g/mol. The quantitative estimate of drug-likeness (QED) is 0.177. The molecule has 2 aliphatic heterocycles. The summed E-state index contributed by atoms with van der Waals surface area (Å²) in [5.41, 5.74) is 7.23. The van der Waals surface area contributed by atoms with Crippen LogP contribution in [-0.4, -0.2) is 38.6 Å². The molecule has 4 nitrogen and oxygen atoms in total. The summed E-state index contributed by atoms with van der Waals surface area (Å²) in [6, 6.07) is 44.3. The van der Waals surface area contributed by atoms with Crippen molar-refractivity contribution in [1.29, 1.82) is 0 Å². The number of fused-ring (bicyclic) bond motifs is 5. The lowest BCUT2D eigenvalue weighted by molar-refractivity contribution is 0.263. The van der Waals surface area contributed by atoms with Gasteiger partial charge in [-0.25, -0.2) is 0 Å². The van der Waals surface area contributed by atoms with Crippen molar-refractivity contribution < 1.29 is 18.9 Å². The van der Waals surface area contributed by atoms with Gasteiger partial charge in [0, 0.05) is 0 Å². The van der Waals surface area contributed by atoms with Gasteiger partial charge in [0.1, 0.15) is 36.9 Å². The van der Waals surface area contributed by atoms with Crippen LogP contribution in [0, 0.1) is 0 Å². The Labute approximate surface area is 250 Å². The first kappa shape index (κ1) is 24.9. The van der Waals surface area contributed by atoms with Gasteiger partial charge in [-0.3, -0.25) is 0 Å². The molecule has 43 heavy (non-hydrogen) atoms. The standard InChI is InChI=1S/C39H30O4/c1-3-7-37-35(5-1)36-6-2-4-8-38(36)39(37,29-13-9-27-19-31(15-11-25(27)17-29)40-21-33-23-42-33)30-14-10-28-20-32(16-12-26(28)18-30)41-22-34-24-43-34/h1-20,33-34H,21-24H2/t33-,34?/m0/s1. The summed E-state index contributed by atoms with van der Waals surface area (Å²) in [4.78, 5) is 0. The van der Waals surface area contributed by atoms with Crippen molar-refractivity contribution in [2.24, 2.45) is 0 Å². The fourth-order valence-corrected chi connectivity index (χ4v) is 6.82. The van der Waals surface area contributed by atoms with E-state index in [0.29, 0.717) is 13.2 Å². The summed E-state index contributed by atoms with van der Waals surface area (Å²) in [6.45, 7) is 2.79. The minimum Gasteiger partial charge on any atom is -0.491 e. The molecule has 0 spiro atoms. The minimum absolute atomic E-state index is 0.235. The number of benzene rings is 6. The summed E-state index contributed by atoms with van der Waals surface area (Å²) in [6.07, 6.45) is 0.470. The van der Waals surface area contributed by atoms with Crippen LogP contribution in [0.5, 0.6) is 11.5 Å². The summed E-state index contributed by atoms with van der Waals surface area (Å²) in [5, 5.41) is 4.71. The van der Waals surface area contributed by atoms with Crippen LogP contribution in [0.25, 0.3) is 32.7 Å². The highest BCUT2D eigenvalue weighted by atomic mass is 16.6. The van der Waals surface area contributed by atoms with Crippen LogP contribution < -0.4 is 9.47 Å². The van der Waals surface area contributed by atoms with Crippen LogP contribution in [-0.2, 0) is 14.9 Å². The van der Waals surface area contributed by atoms with E-state index in [2.05, 4.69) is 121 Å². The highest BCUT2D eigenvalue weighted by molar-refractivity contribution is 5.92. The number of hydrogen-bond donors (Lipinski definition) is 0. The second-order valence-electron chi connectivity index (χ2n) is 11.8. The molecule has 2 fully saturated rings. The third kappa shape index (κ3) is 4.21. The van der Waals surface area contributed by atoms with E-state index in [1.165, 1.54) is 44.2 Å². The molecule has 0 bridgehead atoms. The van der Waals surface area contributed by atoms with Gasteiger partial charge in [0.25, 0.3) is 0 Å². The Balaban J connectivity index is 1.21. The molecular formula is C39H30O4. The number of epoxide rings is 2. The van der Waals surface area contributed by atoms with Gasteiger partial charge in [0.15, 0.2) is 0 Å². The van der Waals surface area contributed by atoms with Crippen LogP contribution in [0.2, 0.25) is 0 Å². The predicted octanol–water partition coefficient (Wildman–Crippen LogP) is 7.91. The Hall–Kier alpha value is -4.64. The zero-order valence-corrected chi connectivity index (χ0v) is 23.7. The average Bonchev–Trinajstić information content (AvgIpc) is 4.00. The van der Waals surface area contributed by atoms with Gasteiger partial charge >= 0.3 is 0 Å². The van der Waals surface area contributed by atoms with Gasteiger partial charge < -0.3 is 18.9 Å². The van der Waals surface area contributed by atoms with Crippen LogP contribution in [0.1, 0.15) is 22.3 Å². The number of hydrogen-bond acceptors (Lipinski definition) is 4. The van der Waals surface area contributed by atoms with E-state index >= 15 is 0 Å². The molecule has 2 heterocycles. The number of rotatable bonds is 8. The Kier molecular flexibility index (Phi) is 5.62. The van der Waals surface area contributed by atoms with Crippen molar-refractivity contribution in [2.75, 3.05) is 26.4 Å². The molecule has 0 aromatic heterocycles. The van der Waals surface area contributed by atoms with Crippen molar-refractivity contribution in [3.63, 3.8) is 0 Å². The molecule has 4 heteroatoms. The first-order chi connectivity index (χ1) is 21.3. The van der Waals surface area contributed by atoms with Gasteiger partial charge in [-0.1, -0.05) is 84.9 Å². The average molecular weight is 563 g/mol. The largest absolute Gasteiger partial charge is 0.491 e. The van der Waals surface area contributed by atoms with Crippen molar-refractivity contribution in [2.45, 2.75) is 17.6 Å². The first-order valence-corrected chi connectivity index (χ1v) is 15.0. The van der Waals surface area contributed by atoms with Gasteiger partial charge in [-0.05, 0) is 91.3 Å². The molecule has 0 saturated carbocycles. The minimum atomic E-state index is -0.466. The summed E-state index contributed by atoms with van der Waals surface area (Å²) in [5.74, 6) is 1.76. The second kappa shape index (κ2) is 9.70. The SMILES string of the molecule is c1ccc2c(c1)-c1ccccc1C2(c1ccc2cc(OCC3CO3)ccc2c1)c1ccc2cc(OC[C@H]3CO3)ccc2c1. The van der Waals surface area contributed by atoms with E-state index in [9.17, 15) is 0 Å². The van der Waals surface area contributed by atoms with Crippen molar-refractivity contribution >= 4 is 21.5 Å². The molecule has 210 valence electrons. The molecule has 9 rings (SSSR count). The maximum absolute atomic E-state index is 5.99. The van der Waals surface area contributed by atoms with Gasteiger partial charge in [-0.15, -0.1) is 0 Å². The molecule has 1 unspecified atom stereocenters. The number of ether oxygens (including phenoxy) is 4. The lowest BCUT2D eigenvalue weighted by Gasteiger charge is -2.34. The maximum atomic E-state index is 5.99. The van der Waals surface area contributed by atoms with E-state index in [0.717, 1.165) is 35.5 Å². The van der Waals surface area contributed by atoms with Crippen LogP contribution in [0.3, 0.4) is 0 Å². The van der Waals surface area contributed by atoms with Crippen molar-refractivity contribution in [1.82, 2.24) is 0 Å². The normalized spacial score (nSPS) is 19.2. The smallest absolute Gasteiger partial charge is 0.120 e. The highest BCUT2D eigenvalue weighted by Gasteiger charge is 2.46. The van der Waals surface area contributed by atoms with Crippen LogP contribution >= 0.6 is 0 Å². The van der Waals surface area contributed by atoms with Gasteiger partial charge in [0.05, 0.1) is 18.6 Å². The van der Waals surface area contributed by atoms with E-state index < -0.39 is 5.41 Å². The predicted molar refractivity (Wildman–Crippen MR) is 169 cm³/mol. The third-order valence-corrected chi connectivity index (χ3v) is 9.12. The van der Waals surface area contributed by atoms with Crippen molar-refractivity contribution in [3.8, 4) is 22.6 Å². The molecule has 0 radical (unpaired) electrons. The van der Waals surface area contributed by atoms with Crippen molar-refractivity contribution in [3.05, 3.63) is 144 Å². The maximum Gasteiger partial charge on any atom is 0.120 e. The summed E-state index contributed by atoms with van der Waals surface area (Å²) >= 11 is 0. The summed E-state index contributed by atoms with van der Waals surface area (Å²) < 4.78 is 22.6. The molecular weight excluding hydrogens is 532 g/mol. The van der Waals surface area contributed by atoms with Crippen LogP contribution in [0.15, 0.2) is 121 Å². The fraction of sp³-hybridized carbons (Fsp3) is 0.179. The van der Waals surface area contributed by atoms with Crippen LogP contribution in [0.4, 0.5) is 0 Å². The molecule has 6 aromatic rings. The fourth-order valence-electron chi connectivity index (χ4n) is 6.82. The topological polar surface area (TPSA) is 43.5 Å². The Morgan fingerprint density at radius 2 is 0.930 bits per heavy atom. The summed E-state index contributed by atoms with van der Waals surface area (Å²) in [7, 11) is 0.